The number of thiophene rings is 2. The Bertz CT molecular complexity index is 1450. The van der Waals surface area contributed by atoms with Crippen LogP contribution in [0.1, 0.15) is 45.7 Å². The third kappa shape index (κ3) is 6.43. The minimum atomic E-state index is -5.01. The standard InChI is InChI=1S/C24H19F3N4O6S2/c25-24(26,27)13-8-17(21(34)28-9-11-3-1-4-14-12(11)7-18(32)30-14)39-19(13)22(35)31-15(23(36)37)10-29-20(33)16-5-2-6-38-16/h1-6,8,15H,7,9-10H2,(H,28,34)(H,29,33)(H,30,32)(H,31,35)(H,36,37)/t15-/m0/s1. The number of rotatable bonds is 9. The zero-order valence-electron chi connectivity index (χ0n) is 19.7. The van der Waals surface area contributed by atoms with Crippen LogP contribution in [-0.4, -0.2) is 47.3 Å². The van der Waals surface area contributed by atoms with Crippen molar-refractivity contribution in [1.29, 1.82) is 0 Å². The first-order valence-corrected chi connectivity index (χ1v) is 12.9. The average Bonchev–Trinajstić information content (AvgIpc) is 3.63. The fourth-order valence-electron chi connectivity index (χ4n) is 3.74. The Balaban J connectivity index is 1.47. The molecule has 39 heavy (non-hydrogen) atoms. The number of hydrogen-bond acceptors (Lipinski definition) is 7. The molecule has 4 rings (SSSR count). The fraction of sp³-hybridized carbons (Fsp3) is 0.208. The van der Waals surface area contributed by atoms with Gasteiger partial charge >= 0.3 is 12.1 Å². The van der Waals surface area contributed by atoms with E-state index >= 15 is 0 Å². The molecule has 0 bridgehead atoms. The highest BCUT2D eigenvalue weighted by atomic mass is 32.1. The lowest BCUT2D eigenvalue weighted by Gasteiger charge is -2.15. The average molecular weight is 581 g/mol. The first kappa shape index (κ1) is 27.8. The number of fused-ring (bicyclic) bond motifs is 1. The normalized spacial score (nSPS) is 13.3. The predicted molar refractivity (Wildman–Crippen MR) is 135 cm³/mol. The summed E-state index contributed by atoms with van der Waals surface area (Å²) in [6.07, 6.45) is -4.92. The van der Waals surface area contributed by atoms with Crippen LogP contribution in [-0.2, 0) is 28.7 Å². The number of hydrogen-bond donors (Lipinski definition) is 5. The van der Waals surface area contributed by atoms with Gasteiger partial charge in [-0.05, 0) is 34.7 Å². The van der Waals surface area contributed by atoms with E-state index in [0.717, 1.165) is 11.3 Å². The van der Waals surface area contributed by atoms with Gasteiger partial charge in [0.05, 0.1) is 21.7 Å². The van der Waals surface area contributed by atoms with Crippen LogP contribution in [0.4, 0.5) is 18.9 Å². The van der Waals surface area contributed by atoms with Gasteiger partial charge in [0.25, 0.3) is 17.7 Å². The van der Waals surface area contributed by atoms with Gasteiger partial charge in [-0.2, -0.15) is 13.2 Å². The minimum absolute atomic E-state index is 0.0806. The number of carboxylic acid groups (broad SMARTS) is 1. The highest BCUT2D eigenvalue weighted by Crippen LogP contribution is 2.37. The van der Waals surface area contributed by atoms with Crippen LogP contribution in [0, 0.1) is 0 Å². The monoisotopic (exact) mass is 580 g/mol. The SMILES string of the molecule is O=C1Cc2c(CNC(=O)c3cc(C(F)(F)F)c(C(=O)N[C@@H](CNC(=O)c4cccs4)C(=O)O)s3)cccc2N1. The number of anilines is 1. The van der Waals surface area contributed by atoms with Crippen molar-refractivity contribution in [3.8, 4) is 0 Å². The summed E-state index contributed by atoms with van der Waals surface area (Å²) in [5, 5.41) is 20.5. The molecule has 15 heteroatoms. The van der Waals surface area contributed by atoms with Gasteiger partial charge in [0.15, 0.2) is 0 Å². The zero-order chi connectivity index (χ0) is 28.3. The number of nitrogens with one attached hydrogen (secondary N) is 4. The van der Waals surface area contributed by atoms with Gasteiger partial charge in [-0.1, -0.05) is 18.2 Å². The van der Waals surface area contributed by atoms with Crippen LogP contribution < -0.4 is 21.3 Å². The Labute approximate surface area is 226 Å². The van der Waals surface area contributed by atoms with Crippen LogP contribution in [0.3, 0.4) is 0 Å². The van der Waals surface area contributed by atoms with Gasteiger partial charge in [0, 0.05) is 18.8 Å². The molecular weight excluding hydrogens is 561 g/mol. The Morgan fingerprint density at radius 1 is 1.03 bits per heavy atom. The molecule has 5 N–H and O–H groups in total. The smallest absolute Gasteiger partial charge is 0.418 e. The number of alkyl halides is 3. The van der Waals surface area contributed by atoms with E-state index in [0.29, 0.717) is 22.9 Å². The third-order valence-electron chi connectivity index (χ3n) is 5.61. The number of amides is 4. The lowest BCUT2D eigenvalue weighted by molar-refractivity contribution is -0.139. The van der Waals surface area contributed by atoms with Crippen LogP contribution in [0.5, 0.6) is 0 Å². The molecule has 0 unspecified atom stereocenters. The predicted octanol–water partition coefficient (Wildman–Crippen LogP) is 2.87. The number of carboxylic acids is 1. The van der Waals surface area contributed by atoms with Crippen molar-refractivity contribution in [3.63, 3.8) is 0 Å². The van der Waals surface area contributed by atoms with Gasteiger partial charge in [-0.3, -0.25) is 19.2 Å². The summed E-state index contributed by atoms with van der Waals surface area (Å²) in [6, 6.07) is 6.87. The number of halogens is 3. The van der Waals surface area contributed by atoms with Crippen LogP contribution >= 0.6 is 22.7 Å². The molecule has 3 aromatic rings. The molecule has 1 aromatic carbocycles. The molecule has 204 valence electrons. The zero-order valence-corrected chi connectivity index (χ0v) is 21.3. The number of carbonyl (C=O) groups excluding carboxylic acids is 4. The maximum Gasteiger partial charge on any atom is 0.418 e. The van der Waals surface area contributed by atoms with E-state index in [1.165, 1.54) is 6.07 Å². The highest BCUT2D eigenvalue weighted by Gasteiger charge is 2.39. The third-order valence-corrected chi connectivity index (χ3v) is 7.61. The van der Waals surface area contributed by atoms with E-state index in [2.05, 4.69) is 16.0 Å². The molecule has 3 heterocycles. The van der Waals surface area contributed by atoms with Crippen molar-refractivity contribution in [3.05, 3.63) is 73.1 Å². The van der Waals surface area contributed by atoms with E-state index < -0.39 is 57.8 Å². The van der Waals surface area contributed by atoms with Gasteiger partial charge in [-0.15, -0.1) is 22.7 Å². The maximum absolute atomic E-state index is 13.7. The van der Waals surface area contributed by atoms with E-state index in [9.17, 15) is 42.3 Å². The minimum Gasteiger partial charge on any atom is -0.480 e. The second-order valence-corrected chi connectivity index (χ2v) is 10.3. The van der Waals surface area contributed by atoms with E-state index in [1.807, 2.05) is 5.32 Å². The van der Waals surface area contributed by atoms with Crippen molar-refractivity contribution >= 4 is 58.0 Å². The van der Waals surface area contributed by atoms with Crippen LogP contribution in [0.2, 0.25) is 0 Å². The second-order valence-electron chi connectivity index (χ2n) is 8.25. The number of aliphatic carboxylic acids is 1. The Hall–Kier alpha value is -4.24. The summed E-state index contributed by atoms with van der Waals surface area (Å²) in [6.45, 7) is -0.667. The Morgan fingerprint density at radius 2 is 1.77 bits per heavy atom. The van der Waals surface area contributed by atoms with Crippen molar-refractivity contribution in [2.75, 3.05) is 11.9 Å². The van der Waals surface area contributed by atoms with E-state index in [1.54, 1.807) is 29.6 Å². The first-order valence-electron chi connectivity index (χ1n) is 11.2. The molecule has 10 nitrogen and oxygen atoms in total. The lowest BCUT2D eigenvalue weighted by atomic mass is 10.0. The summed E-state index contributed by atoms with van der Waals surface area (Å²) in [7, 11) is 0. The van der Waals surface area contributed by atoms with E-state index in [4.69, 9.17) is 0 Å². The molecule has 1 atom stereocenters. The van der Waals surface area contributed by atoms with Crippen molar-refractivity contribution in [2.24, 2.45) is 0 Å². The molecule has 0 aliphatic carbocycles. The maximum atomic E-state index is 13.7. The van der Waals surface area contributed by atoms with Crippen molar-refractivity contribution in [2.45, 2.75) is 25.2 Å². The molecule has 1 aliphatic rings. The molecule has 0 spiro atoms. The quantitative estimate of drug-likeness (QED) is 0.262. The van der Waals surface area contributed by atoms with Gasteiger partial charge in [0.2, 0.25) is 5.91 Å². The molecule has 0 fully saturated rings. The van der Waals surface area contributed by atoms with Gasteiger partial charge in [0.1, 0.15) is 10.9 Å². The summed E-state index contributed by atoms with van der Waals surface area (Å²) >= 11 is 1.34. The lowest BCUT2D eigenvalue weighted by Crippen LogP contribution is -2.48. The van der Waals surface area contributed by atoms with Crippen LogP contribution in [0.15, 0.2) is 41.8 Å². The number of carbonyl (C=O) groups is 5. The van der Waals surface area contributed by atoms with Gasteiger partial charge < -0.3 is 26.4 Å². The largest absolute Gasteiger partial charge is 0.480 e. The molecule has 0 radical (unpaired) electrons. The molecule has 0 saturated carbocycles. The van der Waals surface area contributed by atoms with E-state index in [-0.39, 0.29) is 35.1 Å². The molecule has 4 amide bonds. The second kappa shape index (κ2) is 11.2. The molecule has 1 aliphatic heterocycles. The summed E-state index contributed by atoms with van der Waals surface area (Å²) in [4.78, 5) is 59.7. The fourth-order valence-corrected chi connectivity index (χ4v) is 5.38. The Kier molecular flexibility index (Phi) is 8.01. The summed E-state index contributed by atoms with van der Waals surface area (Å²) in [5.74, 6) is -4.67. The summed E-state index contributed by atoms with van der Waals surface area (Å²) < 4.78 is 41.1. The molecule has 2 aromatic heterocycles. The van der Waals surface area contributed by atoms with Gasteiger partial charge in [-0.25, -0.2) is 4.79 Å². The summed E-state index contributed by atoms with van der Waals surface area (Å²) in [5.41, 5.74) is 0.438. The molecule has 0 saturated heterocycles. The molecular formula is C24H19F3N4O6S2. The highest BCUT2D eigenvalue weighted by molar-refractivity contribution is 7.16. The number of benzene rings is 1. The first-order chi connectivity index (χ1) is 18.4. The van der Waals surface area contributed by atoms with Crippen molar-refractivity contribution in [1.82, 2.24) is 16.0 Å². The van der Waals surface area contributed by atoms with Crippen molar-refractivity contribution < 1.29 is 42.3 Å². The Morgan fingerprint density at radius 3 is 2.44 bits per heavy atom. The topological polar surface area (TPSA) is 154 Å². The van der Waals surface area contributed by atoms with Crippen LogP contribution in [0.25, 0.3) is 0 Å².